The van der Waals surface area contributed by atoms with E-state index in [9.17, 15) is 0 Å². The van der Waals surface area contributed by atoms with Crippen LogP contribution in [0.3, 0.4) is 0 Å². The number of benzene rings is 1. The lowest BCUT2D eigenvalue weighted by molar-refractivity contribution is 0.281. The van der Waals surface area contributed by atoms with Crippen LogP contribution in [0.1, 0.15) is 5.56 Å². The molecule has 19 heavy (non-hydrogen) atoms. The topological polar surface area (TPSA) is 86.0 Å². The van der Waals surface area contributed by atoms with E-state index in [2.05, 4.69) is 27.1 Å². The van der Waals surface area contributed by atoms with Gasteiger partial charge >= 0.3 is 0 Å². The minimum atomic E-state index is 0.650. The Balaban J connectivity index is 2.01. The Hall–Kier alpha value is -1.76. The molecule has 0 amide bonds. The van der Waals surface area contributed by atoms with Crippen molar-refractivity contribution in [3.63, 3.8) is 0 Å². The smallest absolute Gasteiger partial charge is 0.138 e. The van der Waals surface area contributed by atoms with Crippen molar-refractivity contribution in [2.45, 2.75) is 6.54 Å². The molecule has 2 aromatic rings. The van der Waals surface area contributed by atoms with E-state index in [0.29, 0.717) is 13.1 Å². The lowest BCUT2D eigenvalue weighted by Gasteiger charge is -2.20. The Morgan fingerprint density at radius 2 is 1.74 bits per heavy atom. The van der Waals surface area contributed by atoms with Crippen molar-refractivity contribution in [1.82, 2.24) is 19.7 Å². The van der Waals surface area contributed by atoms with Gasteiger partial charge in [0.2, 0.25) is 0 Å². The number of rotatable bonds is 7. The summed E-state index contributed by atoms with van der Waals surface area (Å²) < 4.78 is 1.74. The van der Waals surface area contributed by atoms with Crippen LogP contribution in [0.5, 0.6) is 0 Å². The van der Waals surface area contributed by atoms with E-state index < -0.39 is 0 Å². The van der Waals surface area contributed by atoms with Crippen molar-refractivity contribution < 1.29 is 0 Å². The molecule has 0 spiro atoms. The molecular weight excluding hydrogens is 240 g/mol. The summed E-state index contributed by atoms with van der Waals surface area (Å²) >= 11 is 0. The summed E-state index contributed by atoms with van der Waals surface area (Å²) in [7, 11) is 0. The van der Waals surface area contributed by atoms with E-state index in [1.807, 2.05) is 12.1 Å². The molecule has 2 rings (SSSR count). The van der Waals surface area contributed by atoms with Crippen LogP contribution in [-0.2, 0) is 6.54 Å². The highest BCUT2D eigenvalue weighted by Gasteiger charge is 2.04. The highest BCUT2D eigenvalue weighted by Crippen LogP contribution is 2.10. The minimum absolute atomic E-state index is 0.650. The normalized spacial score (nSPS) is 11.1. The van der Waals surface area contributed by atoms with Crippen LogP contribution < -0.4 is 11.5 Å². The van der Waals surface area contributed by atoms with Gasteiger partial charge in [-0.25, -0.2) is 9.67 Å². The standard InChI is InChI=1S/C13H20N6/c14-5-7-18(8-6-15)9-12-1-3-13(4-2-12)19-11-16-10-17-19/h1-4,10-11H,5-9,14-15H2. The maximum atomic E-state index is 5.60. The average molecular weight is 260 g/mol. The zero-order valence-corrected chi connectivity index (χ0v) is 10.9. The molecule has 0 unspecified atom stereocenters. The Morgan fingerprint density at radius 1 is 1.05 bits per heavy atom. The third-order valence-electron chi connectivity index (χ3n) is 2.92. The molecule has 1 aromatic carbocycles. The first-order chi connectivity index (χ1) is 9.33. The molecule has 0 aliphatic rings. The average Bonchev–Trinajstić information content (AvgIpc) is 2.94. The molecule has 102 valence electrons. The molecule has 0 saturated carbocycles. The fourth-order valence-electron chi connectivity index (χ4n) is 1.99. The van der Waals surface area contributed by atoms with Crippen LogP contribution in [0.15, 0.2) is 36.9 Å². The largest absolute Gasteiger partial charge is 0.329 e. The molecular formula is C13H20N6. The van der Waals surface area contributed by atoms with Crippen LogP contribution in [0, 0.1) is 0 Å². The van der Waals surface area contributed by atoms with Gasteiger partial charge in [0.25, 0.3) is 0 Å². The second kappa shape index (κ2) is 6.98. The van der Waals surface area contributed by atoms with Gasteiger partial charge in [-0.05, 0) is 17.7 Å². The number of nitrogens with two attached hydrogens (primary N) is 2. The van der Waals surface area contributed by atoms with Gasteiger partial charge in [0.15, 0.2) is 0 Å². The van der Waals surface area contributed by atoms with E-state index >= 15 is 0 Å². The molecule has 0 fully saturated rings. The first-order valence-corrected chi connectivity index (χ1v) is 6.40. The summed E-state index contributed by atoms with van der Waals surface area (Å²) in [6.07, 6.45) is 3.21. The number of hydrogen-bond donors (Lipinski definition) is 2. The number of nitrogens with zero attached hydrogens (tertiary/aromatic N) is 4. The second-order valence-electron chi connectivity index (χ2n) is 4.36. The first kappa shape index (κ1) is 13.7. The van der Waals surface area contributed by atoms with Crippen LogP contribution in [0.25, 0.3) is 5.69 Å². The van der Waals surface area contributed by atoms with Crippen molar-refractivity contribution in [2.75, 3.05) is 26.2 Å². The van der Waals surface area contributed by atoms with Crippen molar-refractivity contribution in [2.24, 2.45) is 11.5 Å². The van der Waals surface area contributed by atoms with Crippen molar-refractivity contribution in [3.05, 3.63) is 42.5 Å². The Bertz CT molecular complexity index is 458. The monoisotopic (exact) mass is 260 g/mol. The number of aromatic nitrogens is 3. The third kappa shape index (κ3) is 3.85. The SMILES string of the molecule is NCCN(CCN)Cc1ccc(-n2cncn2)cc1. The molecule has 4 N–H and O–H groups in total. The van der Waals surface area contributed by atoms with Gasteiger partial charge in [0, 0.05) is 32.7 Å². The fraction of sp³-hybridized carbons (Fsp3) is 0.385. The van der Waals surface area contributed by atoms with Crippen molar-refractivity contribution >= 4 is 0 Å². The van der Waals surface area contributed by atoms with E-state index in [1.165, 1.54) is 11.9 Å². The summed E-state index contributed by atoms with van der Waals surface area (Å²) in [5.74, 6) is 0. The van der Waals surface area contributed by atoms with Crippen molar-refractivity contribution in [1.29, 1.82) is 0 Å². The van der Waals surface area contributed by atoms with Crippen LogP contribution >= 0.6 is 0 Å². The fourth-order valence-corrected chi connectivity index (χ4v) is 1.99. The first-order valence-electron chi connectivity index (χ1n) is 6.40. The summed E-state index contributed by atoms with van der Waals surface area (Å²) in [5.41, 5.74) is 13.4. The Labute approximate surface area is 113 Å². The van der Waals surface area contributed by atoms with Crippen molar-refractivity contribution in [3.8, 4) is 5.69 Å². The molecule has 1 aromatic heterocycles. The Kier molecular flexibility index (Phi) is 5.02. The lowest BCUT2D eigenvalue weighted by Crippen LogP contribution is -2.33. The van der Waals surface area contributed by atoms with Gasteiger partial charge in [0.1, 0.15) is 12.7 Å². The zero-order valence-electron chi connectivity index (χ0n) is 10.9. The molecule has 0 radical (unpaired) electrons. The lowest BCUT2D eigenvalue weighted by atomic mass is 10.2. The van der Waals surface area contributed by atoms with Crippen LogP contribution in [0.2, 0.25) is 0 Å². The Morgan fingerprint density at radius 3 is 2.26 bits per heavy atom. The van der Waals surface area contributed by atoms with Gasteiger partial charge in [-0.15, -0.1) is 0 Å². The van der Waals surface area contributed by atoms with Gasteiger partial charge in [-0.2, -0.15) is 5.10 Å². The summed E-state index contributed by atoms with van der Waals surface area (Å²) in [4.78, 5) is 6.19. The van der Waals surface area contributed by atoms with Gasteiger partial charge in [0.05, 0.1) is 5.69 Å². The summed E-state index contributed by atoms with van der Waals surface area (Å²) in [6, 6.07) is 8.26. The van der Waals surface area contributed by atoms with E-state index in [4.69, 9.17) is 11.5 Å². The molecule has 1 heterocycles. The van der Waals surface area contributed by atoms with Crippen LogP contribution in [0.4, 0.5) is 0 Å². The molecule has 0 atom stereocenters. The summed E-state index contributed by atoms with van der Waals surface area (Å²) in [5, 5.41) is 4.10. The zero-order chi connectivity index (χ0) is 13.5. The third-order valence-corrected chi connectivity index (χ3v) is 2.92. The van der Waals surface area contributed by atoms with Gasteiger partial charge in [-0.1, -0.05) is 12.1 Å². The maximum absolute atomic E-state index is 5.60. The van der Waals surface area contributed by atoms with Gasteiger partial charge < -0.3 is 11.5 Å². The highest BCUT2D eigenvalue weighted by atomic mass is 15.3. The predicted molar refractivity (Wildman–Crippen MR) is 74.7 cm³/mol. The second-order valence-corrected chi connectivity index (χ2v) is 4.36. The minimum Gasteiger partial charge on any atom is -0.329 e. The quantitative estimate of drug-likeness (QED) is 0.731. The van der Waals surface area contributed by atoms with E-state index in [1.54, 1.807) is 11.0 Å². The number of hydrogen-bond acceptors (Lipinski definition) is 5. The van der Waals surface area contributed by atoms with Crippen LogP contribution in [-0.4, -0.2) is 45.8 Å². The molecule has 6 heteroatoms. The molecule has 0 bridgehead atoms. The van der Waals surface area contributed by atoms with Gasteiger partial charge in [-0.3, -0.25) is 4.90 Å². The maximum Gasteiger partial charge on any atom is 0.138 e. The highest BCUT2D eigenvalue weighted by molar-refractivity contribution is 5.33. The molecule has 6 nitrogen and oxygen atoms in total. The predicted octanol–water partition coefficient (Wildman–Crippen LogP) is -0.0133. The summed E-state index contributed by atoms with van der Waals surface area (Å²) in [6.45, 7) is 3.89. The van der Waals surface area contributed by atoms with E-state index in [0.717, 1.165) is 25.3 Å². The van der Waals surface area contributed by atoms with E-state index in [-0.39, 0.29) is 0 Å². The molecule has 0 aliphatic carbocycles. The molecule has 0 aliphatic heterocycles. The molecule has 0 saturated heterocycles.